The molecule has 0 radical (unpaired) electrons. The minimum Gasteiger partial charge on any atom is -0.325 e. The highest BCUT2D eigenvalue weighted by atomic mass is 32.1. The molecule has 0 aromatic carbocycles. The number of nitrogens with two attached hydrogens (primary N) is 1. The fourth-order valence-corrected chi connectivity index (χ4v) is 2.88. The van der Waals surface area contributed by atoms with E-state index in [0.29, 0.717) is 6.04 Å². The quantitative estimate of drug-likeness (QED) is 0.829. The van der Waals surface area contributed by atoms with Crippen molar-refractivity contribution in [3.63, 3.8) is 0 Å². The summed E-state index contributed by atoms with van der Waals surface area (Å²) in [5, 5.41) is 4.68. The van der Waals surface area contributed by atoms with Gasteiger partial charge in [0.1, 0.15) is 5.01 Å². The van der Waals surface area contributed by atoms with Crippen LogP contribution in [0.1, 0.15) is 48.5 Å². The van der Waals surface area contributed by atoms with Gasteiger partial charge >= 0.3 is 0 Å². The van der Waals surface area contributed by atoms with Crippen molar-refractivity contribution in [1.29, 1.82) is 0 Å². The summed E-state index contributed by atoms with van der Waals surface area (Å²) in [7, 11) is 0. The number of nitrogens with one attached hydrogen (secondary N) is 1. The van der Waals surface area contributed by atoms with Crippen LogP contribution >= 0.6 is 11.3 Å². The lowest BCUT2D eigenvalue weighted by Crippen LogP contribution is -2.48. The Balaban J connectivity index is 1.73. The van der Waals surface area contributed by atoms with Crippen LogP contribution in [-0.2, 0) is 0 Å². The molecular formula is C12H21N3S. The van der Waals surface area contributed by atoms with E-state index in [1.54, 1.807) is 11.3 Å². The molecule has 1 heterocycles. The standard InChI is InChI=1S/C12H21N3S/c1-9-8-15-11(16-9)10(2)14-7-6-12(13)4-3-5-12/h8,10,14H,3-7,13H2,1-2H3. The molecule has 3 N–H and O–H groups in total. The molecule has 4 heteroatoms. The van der Waals surface area contributed by atoms with Crippen LogP contribution in [0.3, 0.4) is 0 Å². The second-order valence-electron chi connectivity index (χ2n) is 4.95. The molecule has 1 unspecified atom stereocenters. The van der Waals surface area contributed by atoms with Crippen LogP contribution in [0.15, 0.2) is 6.20 Å². The first-order chi connectivity index (χ1) is 7.59. The molecule has 2 rings (SSSR count). The van der Waals surface area contributed by atoms with Gasteiger partial charge in [0.15, 0.2) is 0 Å². The number of nitrogens with zero attached hydrogens (tertiary/aromatic N) is 1. The Morgan fingerprint density at radius 1 is 1.62 bits per heavy atom. The average molecular weight is 239 g/mol. The molecule has 1 aromatic heterocycles. The van der Waals surface area contributed by atoms with Crippen molar-refractivity contribution < 1.29 is 0 Å². The lowest BCUT2D eigenvalue weighted by Gasteiger charge is -2.38. The molecule has 1 fully saturated rings. The van der Waals surface area contributed by atoms with Crippen LogP contribution in [0.2, 0.25) is 0 Å². The van der Waals surface area contributed by atoms with E-state index in [4.69, 9.17) is 5.73 Å². The summed E-state index contributed by atoms with van der Waals surface area (Å²) in [5.41, 5.74) is 6.31. The summed E-state index contributed by atoms with van der Waals surface area (Å²) in [4.78, 5) is 5.67. The Bertz CT molecular complexity index is 344. The molecule has 1 atom stereocenters. The fraction of sp³-hybridized carbons (Fsp3) is 0.750. The topological polar surface area (TPSA) is 50.9 Å². The first-order valence-corrected chi connectivity index (χ1v) is 6.85. The maximum Gasteiger partial charge on any atom is 0.109 e. The summed E-state index contributed by atoms with van der Waals surface area (Å²) >= 11 is 1.77. The SMILES string of the molecule is Cc1cnc(C(C)NCCC2(N)CCC2)s1. The Hall–Kier alpha value is -0.450. The van der Waals surface area contributed by atoms with Crippen LogP contribution in [0.25, 0.3) is 0 Å². The van der Waals surface area contributed by atoms with Crippen molar-refractivity contribution in [3.8, 4) is 0 Å². The van der Waals surface area contributed by atoms with Gasteiger partial charge in [0.2, 0.25) is 0 Å². The predicted molar refractivity (Wildman–Crippen MR) is 68.7 cm³/mol. The number of aryl methyl sites for hydroxylation is 1. The largest absolute Gasteiger partial charge is 0.325 e. The number of aromatic nitrogens is 1. The number of thiazole rings is 1. The molecule has 1 aliphatic rings. The number of hydrogen-bond donors (Lipinski definition) is 2. The molecule has 3 nitrogen and oxygen atoms in total. The van der Waals surface area contributed by atoms with E-state index in [1.807, 2.05) is 6.20 Å². The van der Waals surface area contributed by atoms with Gasteiger partial charge in [-0.05, 0) is 46.1 Å². The third kappa shape index (κ3) is 2.81. The molecule has 1 aromatic rings. The van der Waals surface area contributed by atoms with E-state index in [2.05, 4.69) is 24.1 Å². The summed E-state index contributed by atoms with van der Waals surface area (Å²) < 4.78 is 0. The summed E-state index contributed by atoms with van der Waals surface area (Å²) in [6, 6.07) is 0.349. The second-order valence-corrected chi connectivity index (χ2v) is 6.22. The highest BCUT2D eigenvalue weighted by Crippen LogP contribution is 2.31. The highest BCUT2D eigenvalue weighted by molar-refractivity contribution is 7.11. The third-order valence-electron chi connectivity index (χ3n) is 3.43. The lowest BCUT2D eigenvalue weighted by atomic mass is 9.75. The zero-order valence-corrected chi connectivity index (χ0v) is 10.9. The van der Waals surface area contributed by atoms with Crippen molar-refractivity contribution in [1.82, 2.24) is 10.3 Å². The van der Waals surface area contributed by atoms with Gasteiger partial charge in [-0.1, -0.05) is 0 Å². The maximum atomic E-state index is 6.18. The number of hydrogen-bond acceptors (Lipinski definition) is 4. The first-order valence-electron chi connectivity index (χ1n) is 6.04. The average Bonchev–Trinajstić information content (AvgIpc) is 2.62. The molecule has 1 saturated carbocycles. The molecular weight excluding hydrogens is 218 g/mol. The van der Waals surface area contributed by atoms with E-state index in [0.717, 1.165) is 13.0 Å². The molecule has 0 spiro atoms. The number of rotatable bonds is 5. The van der Waals surface area contributed by atoms with Gasteiger partial charge in [-0.3, -0.25) is 0 Å². The van der Waals surface area contributed by atoms with Crippen LogP contribution in [0.4, 0.5) is 0 Å². The van der Waals surface area contributed by atoms with Gasteiger partial charge in [0.25, 0.3) is 0 Å². The smallest absolute Gasteiger partial charge is 0.109 e. The zero-order valence-electron chi connectivity index (χ0n) is 10.1. The van der Waals surface area contributed by atoms with Gasteiger partial charge in [-0.15, -0.1) is 11.3 Å². The van der Waals surface area contributed by atoms with Crippen molar-refractivity contribution >= 4 is 11.3 Å². The monoisotopic (exact) mass is 239 g/mol. The summed E-state index contributed by atoms with van der Waals surface area (Å²) in [6.07, 6.45) is 6.72. The van der Waals surface area contributed by atoms with Gasteiger partial charge < -0.3 is 11.1 Å². The Kier molecular flexibility index (Phi) is 3.62. The molecule has 1 aliphatic carbocycles. The molecule has 0 aliphatic heterocycles. The molecule has 0 bridgehead atoms. The van der Waals surface area contributed by atoms with Crippen molar-refractivity contribution in [2.75, 3.05) is 6.54 Å². The predicted octanol–water partition coefficient (Wildman–Crippen LogP) is 2.37. The van der Waals surface area contributed by atoms with Crippen molar-refractivity contribution in [2.24, 2.45) is 5.73 Å². The van der Waals surface area contributed by atoms with Gasteiger partial charge in [0, 0.05) is 16.6 Å². The van der Waals surface area contributed by atoms with E-state index >= 15 is 0 Å². The fourth-order valence-electron chi connectivity index (χ4n) is 2.08. The summed E-state index contributed by atoms with van der Waals surface area (Å²) in [6.45, 7) is 5.26. The lowest BCUT2D eigenvalue weighted by molar-refractivity contribution is 0.227. The van der Waals surface area contributed by atoms with E-state index in [9.17, 15) is 0 Å². The zero-order chi connectivity index (χ0) is 11.6. The Morgan fingerprint density at radius 3 is 2.88 bits per heavy atom. The van der Waals surface area contributed by atoms with E-state index in [1.165, 1.54) is 29.1 Å². The highest BCUT2D eigenvalue weighted by Gasteiger charge is 2.31. The Morgan fingerprint density at radius 2 is 2.38 bits per heavy atom. The first kappa shape index (κ1) is 12.0. The molecule has 90 valence electrons. The molecule has 0 saturated heterocycles. The minimum absolute atomic E-state index is 0.130. The third-order valence-corrected chi connectivity index (χ3v) is 4.53. The second kappa shape index (κ2) is 4.82. The molecule has 16 heavy (non-hydrogen) atoms. The van der Waals surface area contributed by atoms with Crippen LogP contribution < -0.4 is 11.1 Å². The van der Waals surface area contributed by atoms with Gasteiger partial charge in [-0.2, -0.15) is 0 Å². The van der Waals surface area contributed by atoms with Gasteiger partial charge in [0.05, 0.1) is 6.04 Å². The molecule has 0 amide bonds. The normalized spacial score (nSPS) is 20.4. The Labute approximate surface area is 101 Å². The van der Waals surface area contributed by atoms with Crippen molar-refractivity contribution in [2.45, 2.75) is 51.1 Å². The van der Waals surface area contributed by atoms with Gasteiger partial charge in [-0.25, -0.2) is 4.98 Å². The van der Waals surface area contributed by atoms with E-state index < -0.39 is 0 Å². The van der Waals surface area contributed by atoms with E-state index in [-0.39, 0.29) is 5.54 Å². The van der Waals surface area contributed by atoms with Crippen LogP contribution in [0.5, 0.6) is 0 Å². The van der Waals surface area contributed by atoms with Crippen LogP contribution in [0, 0.1) is 6.92 Å². The maximum absolute atomic E-state index is 6.18. The van der Waals surface area contributed by atoms with Crippen LogP contribution in [-0.4, -0.2) is 17.1 Å². The summed E-state index contributed by atoms with van der Waals surface area (Å²) in [5.74, 6) is 0. The minimum atomic E-state index is 0.130. The van der Waals surface area contributed by atoms with Crippen molar-refractivity contribution in [3.05, 3.63) is 16.1 Å².